The molecule has 2 aromatic rings. The molecule has 170 valence electrons. The Balaban J connectivity index is 1.76. The van der Waals surface area contributed by atoms with E-state index < -0.39 is 45.4 Å². The number of nitrogens with zero attached hydrogens (tertiary/aromatic N) is 2. The SMILES string of the molecule is N#CC(NC(=O)[C@@H](CNC(=O)N1CCOCC1)S(=O)(=O)Cc1ccccc1)c1ccco1. The maximum absolute atomic E-state index is 13.1. The Labute approximate surface area is 186 Å². The third-order valence-corrected chi connectivity index (χ3v) is 6.90. The molecular formula is C21H24N4O6S. The summed E-state index contributed by atoms with van der Waals surface area (Å²) in [5, 5.41) is 12.7. The predicted octanol–water partition coefficient (Wildman–Crippen LogP) is 0.986. The van der Waals surface area contributed by atoms with Crippen LogP contribution >= 0.6 is 0 Å². The number of sulfone groups is 1. The van der Waals surface area contributed by atoms with Crippen molar-refractivity contribution >= 4 is 21.8 Å². The van der Waals surface area contributed by atoms with Gasteiger partial charge in [-0.05, 0) is 17.7 Å². The lowest BCUT2D eigenvalue weighted by Crippen LogP contribution is -2.52. The number of nitrogens with one attached hydrogen (secondary N) is 2. The van der Waals surface area contributed by atoms with Gasteiger partial charge < -0.3 is 24.7 Å². The van der Waals surface area contributed by atoms with Crippen LogP contribution in [0.3, 0.4) is 0 Å². The number of hydrogen-bond acceptors (Lipinski definition) is 7. The van der Waals surface area contributed by atoms with Crippen LogP contribution in [0.1, 0.15) is 17.4 Å². The van der Waals surface area contributed by atoms with Crippen LogP contribution in [0.15, 0.2) is 53.1 Å². The van der Waals surface area contributed by atoms with E-state index in [9.17, 15) is 23.3 Å². The topological polar surface area (TPSA) is 142 Å². The molecular weight excluding hydrogens is 436 g/mol. The molecule has 0 bridgehead atoms. The Morgan fingerprint density at radius 1 is 1.12 bits per heavy atom. The number of nitriles is 1. The van der Waals surface area contributed by atoms with Gasteiger partial charge in [-0.3, -0.25) is 4.79 Å². The number of carbonyl (C=O) groups is 2. The summed E-state index contributed by atoms with van der Waals surface area (Å²) in [6.45, 7) is 1.07. The summed E-state index contributed by atoms with van der Waals surface area (Å²) in [6.07, 6.45) is 1.35. The molecule has 0 spiro atoms. The van der Waals surface area contributed by atoms with Crippen LogP contribution in [0.2, 0.25) is 0 Å². The molecule has 2 heterocycles. The van der Waals surface area contributed by atoms with Gasteiger partial charge in [0.15, 0.2) is 21.1 Å². The monoisotopic (exact) mass is 460 g/mol. The van der Waals surface area contributed by atoms with E-state index in [2.05, 4.69) is 10.6 Å². The zero-order chi connectivity index (χ0) is 23.0. The molecule has 0 radical (unpaired) electrons. The second kappa shape index (κ2) is 10.8. The van der Waals surface area contributed by atoms with Gasteiger partial charge in [0.05, 0.1) is 31.3 Å². The molecule has 10 nitrogen and oxygen atoms in total. The lowest BCUT2D eigenvalue weighted by molar-refractivity contribution is -0.121. The molecule has 1 fully saturated rings. The van der Waals surface area contributed by atoms with E-state index in [1.165, 1.54) is 17.2 Å². The Morgan fingerprint density at radius 3 is 2.47 bits per heavy atom. The van der Waals surface area contributed by atoms with Crippen LogP contribution in [0, 0.1) is 11.3 Å². The molecule has 2 atom stereocenters. The number of ether oxygens (including phenoxy) is 1. The fourth-order valence-corrected chi connectivity index (χ4v) is 4.80. The standard InChI is InChI=1S/C21H24N4O6S/c22-13-17(18-7-4-10-31-18)24-20(26)19(14-23-21(27)25-8-11-30-12-9-25)32(28,29)15-16-5-2-1-3-6-16/h1-7,10,17,19H,8-9,11-12,14-15H2,(H,23,27)(H,24,26)/t17?,19-/m1/s1. The molecule has 3 amide bonds. The van der Waals surface area contributed by atoms with Crippen molar-refractivity contribution in [3.63, 3.8) is 0 Å². The smallest absolute Gasteiger partial charge is 0.317 e. The van der Waals surface area contributed by atoms with Crippen LogP contribution in [0.5, 0.6) is 0 Å². The minimum Gasteiger partial charge on any atom is -0.466 e. The third kappa shape index (κ3) is 6.09. The van der Waals surface area contributed by atoms with Gasteiger partial charge >= 0.3 is 6.03 Å². The van der Waals surface area contributed by atoms with Gasteiger partial charge in [0.1, 0.15) is 5.76 Å². The summed E-state index contributed by atoms with van der Waals surface area (Å²) >= 11 is 0. The van der Waals surface area contributed by atoms with E-state index in [1.54, 1.807) is 36.4 Å². The molecule has 1 unspecified atom stereocenters. The first-order valence-electron chi connectivity index (χ1n) is 10.00. The van der Waals surface area contributed by atoms with Crippen LogP contribution < -0.4 is 10.6 Å². The summed E-state index contributed by atoms with van der Waals surface area (Å²) in [7, 11) is -4.03. The van der Waals surface area contributed by atoms with Crippen LogP contribution in [0.4, 0.5) is 4.79 Å². The molecule has 1 aromatic carbocycles. The number of morpholine rings is 1. The quantitative estimate of drug-likeness (QED) is 0.598. The maximum Gasteiger partial charge on any atom is 0.317 e. The summed E-state index contributed by atoms with van der Waals surface area (Å²) in [6, 6.07) is 11.7. The number of furan rings is 1. The largest absolute Gasteiger partial charge is 0.466 e. The van der Waals surface area contributed by atoms with Crippen molar-refractivity contribution in [3.8, 4) is 6.07 Å². The molecule has 1 aliphatic heterocycles. The molecule has 0 saturated carbocycles. The van der Waals surface area contributed by atoms with E-state index in [0.717, 1.165) is 0 Å². The molecule has 1 saturated heterocycles. The van der Waals surface area contributed by atoms with Gasteiger partial charge in [-0.15, -0.1) is 0 Å². The second-order valence-electron chi connectivity index (χ2n) is 7.15. The van der Waals surface area contributed by atoms with Crippen LogP contribution in [0.25, 0.3) is 0 Å². The zero-order valence-electron chi connectivity index (χ0n) is 17.3. The molecule has 1 aliphatic rings. The van der Waals surface area contributed by atoms with E-state index in [1.807, 2.05) is 6.07 Å². The fourth-order valence-electron chi connectivity index (χ4n) is 3.21. The molecule has 0 aliphatic carbocycles. The first-order valence-corrected chi connectivity index (χ1v) is 11.7. The molecule has 32 heavy (non-hydrogen) atoms. The van der Waals surface area contributed by atoms with Gasteiger partial charge in [-0.1, -0.05) is 30.3 Å². The fraction of sp³-hybridized carbons (Fsp3) is 0.381. The normalized spacial score (nSPS) is 15.9. The zero-order valence-corrected chi connectivity index (χ0v) is 18.1. The maximum atomic E-state index is 13.1. The lowest BCUT2D eigenvalue weighted by atomic mass is 10.2. The van der Waals surface area contributed by atoms with Crippen molar-refractivity contribution in [3.05, 3.63) is 60.1 Å². The van der Waals surface area contributed by atoms with Gasteiger partial charge in [0.25, 0.3) is 0 Å². The minimum atomic E-state index is -4.03. The van der Waals surface area contributed by atoms with Crippen molar-refractivity contribution in [2.75, 3.05) is 32.8 Å². The first-order chi connectivity index (χ1) is 15.4. The van der Waals surface area contributed by atoms with Crippen molar-refractivity contribution < 1.29 is 27.2 Å². The van der Waals surface area contributed by atoms with Crippen molar-refractivity contribution in [2.24, 2.45) is 0 Å². The third-order valence-electron chi connectivity index (χ3n) is 4.92. The highest BCUT2D eigenvalue weighted by molar-refractivity contribution is 7.92. The number of amides is 3. The first kappa shape index (κ1) is 23.3. The van der Waals surface area contributed by atoms with Gasteiger partial charge in [0, 0.05) is 19.6 Å². The van der Waals surface area contributed by atoms with E-state index in [4.69, 9.17) is 9.15 Å². The van der Waals surface area contributed by atoms with Crippen LogP contribution in [-0.4, -0.2) is 63.4 Å². The lowest BCUT2D eigenvalue weighted by Gasteiger charge is -2.28. The highest BCUT2D eigenvalue weighted by atomic mass is 32.2. The summed E-state index contributed by atoms with van der Waals surface area (Å²) in [4.78, 5) is 26.9. The van der Waals surface area contributed by atoms with Gasteiger partial charge in [-0.2, -0.15) is 5.26 Å². The molecule has 11 heteroatoms. The molecule has 2 N–H and O–H groups in total. The number of carbonyl (C=O) groups excluding carboxylic acids is 2. The Kier molecular flexibility index (Phi) is 7.86. The summed E-state index contributed by atoms with van der Waals surface area (Å²) in [5.74, 6) is -1.11. The number of benzene rings is 1. The molecule has 1 aromatic heterocycles. The highest BCUT2D eigenvalue weighted by Crippen LogP contribution is 2.16. The molecule has 3 rings (SSSR count). The van der Waals surface area contributed by atoms with Gasteiger partial charge in [-0.25, -0.2) is 13.2 Å². The van der Waals surface area contributed by atoms with E-state index in [-0.39, 0.29) is 5.76 Å². The highest BCUT2D eigenvalue weighted by Gasteiger charge is 2.35. The van der Waals surface area contributed by atoms with Crippen molar-refractivity contribution in [2.45, 2.75) is 17.0 Å². The summed E-state index contributed by atoms with van der Waals surface area (Å²) in [5.41, 5.74) is 0.507. The second-order valence-corrected chi connectivity index (χ2v) is 9.34. The van der Waals surface area contributed by atoms with E-state index >= 15 is 0 Å². The Bertz CT molecular complexity index is 1040. The number of urea groups is 1. The van der Waals surface area contributed by atoms with Crippen molar-refractivity contribution in [1.82, 2.24) is 15.5 Å². The Morgan fingerprint density at radius 2 is 1.84 bits per heavy atom. The van der Waals surface area contributed by atoms with E-state index in [0.29, 0.717) is 31.9 Å². The van der Waals surface area contributed by atoms with Crippen molar-refractivity contribution in [1.29, 1.82) is 5.26 Å². The Hall–Kier alpha value is -3.36. The average molecular weight is 461 g/mol. The van der Waals surface area contributed by atoms with Gasteiger partial charge in [0.2, 0.25) is 5.91 Å². The summed E-state index contributed by atoms with van der Waals surface area (Å²) < 4.78 is 36.6. The number of rotatable bonds is 8. The predicted molar refractivity (Wildman–Crippen MR) is 114 cm³/mol. The minimum absolute atomic E-state index is 0.178. The number of hydrogen-bond donors (Lipinski definition) is 2. The average Bonchev–Trinajstić information content (AvgIpc) is 3.33. The van der Waals surface area contributed by atoms with Crippen LogP contribution in [-0.2, 0) is 25.1 Å².